The van der Waals surface area contributed by atoms with Gasteiger partial charge in [-0.2, -0.15) is 0 Å². The number of carboxylic acid groups (broad SMARTS) is 1. The van der Waals surface area contributed by atoms with Gasteiger partial charge in [-0.15, -0.1) is 22.7 Å². The summed E-state index contributed by atoms with van der Waals surface area (Å²) in [6.07, 6.45) is 0. The topological polar surface area (TPSA) is 62.2 Å². The van der Waals surface area contributed by atoms with E-state index in [1.807, 2.05) is 5.38 Å². The van der Waals surface area contributed by atoms with Crippen LogP contribution >= 0.6 is 22.7 Å². The monoisotopic (exact) mass is 254 g/mol. The van der Waals surface area contributed by atoms with Crippen LogP contribution in [0.1, 0.15) is 20.9 Å². The Kier molecular flexibility index (Phi) is 3.66. The summed E-state index contributed by atoms with van der Waals surface area (Å²) < 4.78 is 0. The van der Waals surface area contributed by atoms with Gasteiger partial charge in [0, 0.05) is 28.7 Å². The maximum Gasteiger partial charge on any atom is 0.336 e. The smallest absolute Gasteiger partial charge is 0.336 e. The number of nitrogens with zero attached hydrogens (tertiary/aromatic N) is 1. The second-order valence-electron chi connectivity index (χ2n) is 3.19. The highest BCUT2D eigenvalue weighted by molar-refractivity contribution is 7.10. The first-order valence-corrected chi connectivity index (χ1v) is 6.46. The van der Waals surface area contributed by atoms with Crippen LogP contribution in [0, 0.1) is 0 Å². The zero-order chi connectivity index (χ0) is 11.4. The predicted molar refractivity (Wildman–Crippen MR) is 63.9 cm³/mol. The van der Waals surface area contributed by atoms with Crippen molar-refractivity contribution >= 4 is 28.6 Å². The van der Waals surface area contributed by atoms with Crippen LogP contribution in [0.15, 0.2) is 22.3 Å². The molecule has 2 rings (SSSR count). The van der Waals surface area contributed by atoms with Gasteiger partial charge in [-0.3, -0.25) is 0 Å². The maximum atomic E-state index is 10.7. The van der Waals surface area contributed by atoms with Crippen LogP contribution in [0.5, 0.6) is 0 Å². The number of aromatic carboxylic acids is 1. The summed E-state index contributed by atoms with van der Waals surface area (Å²) >= 11 is 3.02. The number of carboxylic acids is 1. The normalized spacial score (nSPS) is 10.5. The molecule has 0 aliphatic rings. The Morgan fingerprint density at radius 1 is 1.44 bits per heavy atom. The predicted octanol–water partition coefficient (Wildman–Crippen LogP) is 2.19. The van der Waals surface area contributed by atoms with Crippen LogP contribution in [0.4, 0.5) is 0 Å². The molecule has 0 saturated carbocycles. The van der Waals surface area contributed by atoms with E-state index < -0.39 is 5.97 Å². The highest BCUT2D eigenvalue weighted by Crippen LogP contribution is 2.14. The largest absolute Gasteiger partial charge is 0.478 e. The van der Waals surface area contributed by atoms with Crippen molar-refractivity contribution in [3.8, 4) is 0 Å². The molecule has 6 heteroatoms. The lowest BCUT2D eigenvalue weighted by molar-refractivity contribution is 0.0697. The summed E-state index contributed by atoms with van der Waals surface area (Å²) in [4.78, 5) is 15.8. The Labute approximate surface area is 101 Å². The summed E-state index contributed by atoms with van der Waals surface area (Å²) in [5, 5.41) is 15.6. The lowest BCUT2D eigenvalue weighted by atomic mass is 10.3. The van der Waals surface area contributed by atoms with Crippen LogP contribution in [0.2, 0.25) is 0 Å². The van der Waals surface area contributed by atoms with Crippen LogP contribution in [0.25, 0.3) is 0 Å². The van der Waals surface area contributed by atoms with Crippen molar-refractivity contribution in [2.75, 3.05) is 0 Å². The summed E-state index contributed by atoms with van der Waals surface area (Å²) in [5.74, 6) is -0.873. The fourth-order valence-electron chi connectivity index (χ4n) is 1.22. The van der Waals surface area contributed by atoms with Gasteiger partial charge in [-0.1, -0.05) is 0 Å². The van der Waals surface area contributed by atoms with Gasteiger partial charge in [-0.05, 0) is 6.07 Å². The molecule has 0 amide bonds. The molecule has 0 bridgehead atoms. The van der Waals surface area contributed by atoms with E-state index in [1.54, 1.807) is 28.3 Å². The van der Waals surface area contributed by atoms with Crippen LogP contribution in [-0.4, -0.2) is 16.1 Å². The number of carbonyl (C=O) groups is 1. The molecule has 2 aromatic rings. The molecule has 0 spiro atoms. The number of nitrogens with one attached hydrogen (secondary N) is 1. The quantitative estimate of drug-likeness (QED) is 0.858. The average molecular weight is 254 g/mol. The van der Waals surface area contributed by atoms with E-state index in [2.05, 4.69) is 10.3 Å². The first-order chi connectivity index (χ1) is 7.75. The minimum Gasteiger partial charge on any atom is -0.478 e. The summed E-state index contributed by atoms with van der Waals surface area (Å²) in [6, 6.07) is 1.70. The highest BCUT2D eigenvalue weighted by atomic mass is 32.1. The average Bonchev–Trinajstić information content (AvgIpc) is 2.87. The molecule has 0 radical (unpaired) electrons. The molecule has 0 aliphatic heterocycles. The van der Waals surface area contributed by atoms with Gasteiger partial charge in [0.15, 0.2) is 0 Å². The second kappa shape index (κ2) is 5.20. The van der Waals surface area contributed by atoms with Crippen molar-refractivity contribution in [1.82, 2.24) is 10.3 Å². The van der Waals surface area contributed by atoms with Crippen LogP contribution in [0.3, 0.4) is 0 Å². The molecule has 84 valence electrons. The third kappa shape index (κ3) is 2.88. The van der Waals surface area contributed by atoms with E-state index >= 15 is 0 Å². The second-order valence-corrected chi connectivity index (χ2v) is 4.90. The first-order valence-electron chi connectivity index (χ1n) is 4.64. The third-order valence-electron chi connectivity index (χ3n) is 1.99. The van der Waals surface area contributed by atoms with E-state index in [0.717, 1.165) is 10.6 Å². The summed E-state index contributed by atoms with van der Waals surface area (Å²) in [7, 11) is 0. The minimum atomic E-state index is -0.873. The Bertz CT molecular complexity index is 465. The Hall–Kier alpha value is -1.24. The van der Waals surface area contributed by atoms with Gasteiger partial charge < -0.3 is 10.4 Å². The fraction of sp³-hybridized carbons (Fsp3) is 0.200. The molecule has 0 unspecified atom stereocenters. The van der Waals surface area contributed by atoms with Crippen LogP contribution < -0.4 is 5.32 Å². The zero-order valence-electron chi connectivity index (χ0n) is 8.34. The molecule has 0 atom stereocenters. The summed E-state index contributed by atoms with van der Waals surface area (Å²) in [6.45, 7) is 1.39. The number of aromatic nitrogens is 1. The third-order valence-corrected chi connectivity index (χ3v) is 3.56. The molecule has 0 aromatic carbocycles. The number of thiazole rings is 1. The molecule has 4 nitrogen and oxygen atoms in total. The number of thiophene rings is 1. The van der Waals surface area contributed by atoms with Gasteiger partial charge in [0.05, 0.1) is 16.8 Å². The van der Waals surface area contributed by atoms with Gasteiger partial charge in [-0.25, -0.2) is 9.78 Å². The van der Waals surface area contributed by atoms with E-state index in [9.17, 15) is 4.79 Å². The molecule has 2 aromatic heterocycles. The first kappa shape index (κ1) is 11.3. The van der Waals surface area contributed by atoms with Gasteiger partial charge >= 0.3 is 5.97 Å². The minimum absolute atomic E-state index is 0.357. The standard InChI is InChI=1S/C10H10N2O2S2/c13-10(14)7-1-9(16-4-7)3-11-2-8-5-15-6-12-8/h1,4-6,11H,2-3H2,(H,13,14). The Morgan fingerprint density at radius 3 is 2.94 bits per heavy atom. The van der Waals surface area contributed by atoms with Crippen molar-refractivity contribution in [2.24, 2.45) is 0 Å². The number of hydrogen-bond donors (Lipinski definition) is 2. The Balaban J connectivity index is 1.83. The number of rotatable bonds is 5. The molecule has 0 saturated heterocycles. The maximum absolute atomic E-state index is 10.7. The van der Waals surface area contributed by atoms with Crippen molar-refractivity contribution in [3.05, 3.63) is 38.5 Å². The zero-order valence-corrected chi connectivity index (χ0v) is 9.98. The Morgan fingerprint density at radius 2 is 2.31 bits per heavy atom. The highest BCUT2D eigenvalue weighted by Gasteiger charge is 2.05. The van der Waals surface area contributed by atoms with Gasteiger partial charge in [0.1, 0.15) is 0 Å². The van der Waals surface area contributed by atoms with Crippen molar-refractivity contribution < 1.29 is 9.90 Å². The van der Waals surface area contributed by atoms with Crippen LogP contribution in [-0.2, 0) is 13.1 Å². The molecule has 0 aliphatic carbocycles. The molecule has 2 heterocycles. The molecule has 0 fully saturated rings. The SMILES string of the molecule is O=C(O)c1csc(CNCc2cscn2)c1. The van der Waals surface area contributed by atoms with Crippen molar-refractivity contribution in [3.63, 3.8) is 0 Å². The fourth-order valence-corrected chi connectivity index (χ4v) is 2.61. The van der Waals surface area contributed by atoms with E-state index in [1.165, 1.54) is 11.3 Å². The molecule has 2 N–H and O–H groups in total. The summed E-state index contributed by atoms with van der Waals surface area (Å²) in [5.41, 5.74) is 3.17. The van der Waals surface area contributed by atoms with E-state index in [0.29, 0.717) is 18.7 Å². The molecular formula is C10H10N2O2S2. The van der Waals surface area contributed by atoms with E-state index in [-0.39, 0.29) is 0 Å². The molecule has 16 heavy (non-hydrogen) atoms. The van der Waals surface area contributed by atoms with Crippen molar-refractivity contribution in [2.45, 2.75) is 13.1 Å². The van der Waals surface area contributed by atoms with Gasteiger partial charge in [0.2, 0.25) is 0 Å². The lowest BCUT2D eigenvalue weighted by Gasteiger charge is -1.99. The van der Waals surface area contributed by atoms with E-state index in [4.69, 9.17) is 5.11 Å². The lowest BCUT2D eigenvalue weighted by Crippen LogP contribution is -2.11. The van der Waals surface area contributed by atoms with Crippen molar-refractivity contribution in [1.29, 1.82) is 0 Å². The molecular weight excluding hydrogens is 244 g/mol. The van der Waals surface area contributed by atoms with Gasteiger partial charge in [0.25, 0.3) is 0 Å². The number of hydrogen-bond acceptors (Lipinski definition) is 5.